The molecular formula is C17H26IN3O3S. The molecule has 0 aromatic heterocycles. The number of fused-ring (bicyclic) bond motifs is 1. The molecule has 6 nitrogen and oxygen atoms in total. The Morgan fingerprint density at radius 2 is 2.04 bits per heavy atom. The molecule has 1 aromatic rings. The molecule has 2 heterocycles. The lowest BCUT2D eigenvalue weighted by Crippen LogP contribution is -2.57. The first-order valence-electron chi connectivity index (χ1n) is 8.19. The van der Waals surface area contributed by atoms with Crippen molar-refractivity contribution in [1.29, 1.82) is 0 Å². The second-order valence-corrected chi connectivity index (χ2v) is 9.74. The molecule has 1 saturated heterocycles. The Hall–Kier alpha value is -0.870. The third kappa shape index (κ3) is 4.28. The van der Waals surface area contributed by atoms with Crippen LogP contribution in [0.3, 0.4) is 0 Å². The molecule has 2 aliphatic heterocycles. The Balaban J connectivity index is 0.00000225. The molecule has 0 amide bonds. The van der Waals surface area contributed by atoms with Gasteiger partial charge in [-0.25, -0.2) is 8.42 Å². The van der Waals surface area contributed by atoms with Gasteiger partial charge < -0.3 is 15.0 Å². The average Bonchev–Trinajstić information content (AvgIpc) is 2.99. The molecule has 0 bridgehead atoms. The van der Waals surface area contributed by atoms with Gasteiger partial charge >= 0.3 is 0 Å². The molecule has 3 rings (SSSR count). The van der Waals surface area contributed by atoms with Gasteiger partial charge in [0.05, 0.1) is 23.7 Å². The van der Waals surface area contributed by atoms with Crippen LogP contribution in [0.1, 0.15) is 30.5 Å². The Bertz CT molecular complexity index is 762. The zero-order chi connectivity index (χ0) is 17.4. The first-order valence-corrected chi connectivity index (χ1v) is 9.84. The van der Waals surface area contributed by atoms with Crippen molar-refractivity contribution < 1.29 is 13.2 Å². The van der Waals surface area contributed by atoms with Crippen LogP contribution in [-0.4, -0.2) is 49.9 Å². The lowest BCUT2D eigenvalue weighted by molar-refractivity contribution is 0.134. The van der Waals surface area contributed by atoms with Gasteiger partial charge in [0.2, 0.25) is 0 Å². The van der Waals surface area contributed by atoms with Crippen LogP contribution in [0.15, 0.2) is 23.2 Å². The van der Waals surface area contributed by atoms with Gasteiger partial charge in [-0.3, -0.25) is 4.99 Å². The summed E-state index contributed by atoms with van der Waals surface area (Å²) in [6, 6.07) is 6.37. The van der Waals surface area contributed by atoms with Crippen molar-refractivity contribution in [3.8, 4) is 0 Å². The van der Waals surface area contributed by atoms with Crippen LogP contribution < -0.4 is 5.32 Å². The van der Waals surface area contributed by atoms with Gasteiger partial charge in [0.25, 0.3) is 0 Å². The van der Waals surface area contributed by atoms with E-state index in [4.69, 9.17) is 4.74 Å². The normalized spacial score (nSPS) is 21.4. The van der Waals surface area contributed by atoms with E-state index in [-0.39, 0.29) is 29.7 Å². The van der Waals surface area contributed by atoms with Crippen molar-refractivity contribution in [3.05, 3.63) is 34.9 Å². The highest BCUT2D eigenvalue weighted by molar-refractivity contribution is 14.0. The number of guanidine groups is 1. The van der Waals surface area contributed by atoms with E-state index in [2.05, 4.69) is 28.5 Å². The smallest absolute Gasteiger partial charge is 0.193 e. The first kappa shape index (κ1) is 20.4. The number of hydrogen-bond acceptors (Lipinski definition) is 4. The highest BCUT2D eigenvalue weighted by Gasteiger charge is 2.40. The Kier molecular flexibility index (Phi) is 6.37. The van der Waals surface area contributed by atoms with Crippen LogP contribution >= 0.6 is 24.0 Å². The fraction of sp³-hybridized carbons (Fsp3) is 0.588. The Morgan fingerprint density at radius 1 is 1.32 bits per heavy atom. The summed E-state index contributed by atoms with van der Waals surface area (Å²) >= 11 is 0. The van der Waals surface area contributed by atoms with Gasteiger partial charge in [-0.2, -0.15) is 0 Å². The quantitative estimate of drug-likeness (QED) is 0.399. The molecule has 0 aliphatic carbocycles. The fourth-order valence-corrected chi connectivity index (χ4v) is 4.54. The number of nitrogens with one attached hydrogen (secondary N) is 1. The van der Waals surface area contributed by atoms with Crippen molar-refractivity contribution in [2.75, 3.05) is 25.9 Å². The van der Waals surface area contributed by atoms with Crippen LogP contribution in [0, 0.1) is 0 Å². The zero-order valence-corrected chi connectivity index (χ0v) is 18.1. The average molecular weight is 479 g/mol. The fourth-order valence-electron chi connectivity index (χ4n) is 3.17. The number of hydrogen-bond donors (Lipinski definition) is 1. The molecule has 0 spiro atoms. The van der Waals surface area contributed by atoms with Gasteiger partial charge in [0.1, 0.15) is 0 Å². The number of nitrogens with zero attached hydrogens (tertiary/aromatic N) is 2. The van der Waals surface area contributed by atoms with Gasteiger partial charge in [0.15, 0.2) is 15.8 Å². The van der Waals surface area contributed by atoms with Crippen LogP contribution in [-0.2, 0) is 34.3 Å². The second-order valence-electron chi connectivity index (χ2n) is 7.00. The Labute approximate surface area is 167 Å². The molecule has 140 valence electrons. The van der Waals surface area contributed by atoms with Crippen LogP contribution in [0.4, 0.5) is 0 Å². The van der Waals surface area contributed by atoms with Crippen molar-refractivity contribution in [3.63, 3.8) is 0 Å². The summed E-state index contributed by atoms with van der Waals surface area (Å²) in [5, 5.41) is 3.35. The van der Waals surface area contributed by atoms with E-state index in [1.54, 1.807) is 20.9 Å². The van der Waals surface area contributed by atoms with E-state index in [9.17, 15) is 8.42 Å². The minimum absolute atomic E-state index is 0. The number of rotatable bonds is 2. The highest BCUT2D eigenvalue weighted by Crippen LogP contribution is 2.24. The Morgan fingerprint density at radius 3 is 2.72 bits per heavy atom. The second kappa shape index (κ2) is 7.79. The van der Waals surface area contributed by atoms with E-state index in [1.165, 1.54) is 16.7 Å². The van der Waals surface area contributed by atoms with Gasteiger partial charge in [0, 0.05) is 26.7 Å². The van der Waals surface area contributed by atoms with E-state index in [1.807, 2.05) is 4.90 Å². The monoisotopic (exact) mass is 479 g/mol. The summed E-state index contributed by atoms with van der Waals surface area (Å²) in [6.45, 7) is 6.52. The van der Waals surface area contributed by atoms with Crippen LogP contribution in [0.5, 0.6) is 0 Å². The van der Waals surface area contributed by atoms with E-state index < -0.39 is 14.6 Å². The van der Waals surface area contributed by atoms with E-state index in [0.29, 0.717) is 32.8 Å². The predicted molar refractivity (Wildman–Crippen MR) is 110 cm³/mol. The van der Waals surface area contributed by atoms with E-state index >= 15 is 0 Å². The third-order valence-corrected chi connectivity index (χ3v) is 7.32. The third-order valence-electron chi connectivity index (χ3n) is 4.79. The van der Waals surface area contributed by atoms with Crippen LogP contribution in [0.25, 0.3) is 0 Å². The summed E-state index contributed by atoms with van der Waals surface area (Å²) in [7, 11) is -1.32. The zero-order valence-electron chi connectivity index (χ0n) is 14.9. The first-order chi connectivity index (χ1) is 11.3. The highest BCUT2D eigenvalue weighted by atomic mass is 127. The van der Waals surface area contributed by atoms with Crippen molar-refractivity contribution >= 4 is 39.8 Å². The largest absolute Gasteiger partial charge is 0.372 e. The maximum atomic E-state index is 12.1. The topological polar surface area (TPSA) is 71.0 Å². The lowest BCUT2D eigenvalue weighted by Gasteiger charge is -2.39. The minimum Gasteiger partial charge on any atom is -0.372 e. The number of benzene rings is 1. The minimum atomic E-state index is -3.05. The molecule has 0 unspecified atom stereocenters. The van der Waals surface area contributed by atoms with Crippen molar-refractivity contribution in [2.45, 2.75) is 38.4 Å². The number of halogens is 1. The number of aliphatic imine (C=N–C) groups is 1. The summed E-state index contributed by atoms with van der Waals surface area (Å²) in [6.07, 6.45) is 0. The molecule has 25 heavy (non-hydrogen) atoms. The summed E-state index contributed by atoms with van der Waals surface area (Å²) in [4.78, 5) is 6.35. The van der Waals surface area contributed by atoms with Gasteiger partial charge in [-0.15, -0.1) is 24.0 Å². The summed E-state index contributed by atoms with van der Waals surface area (Å²) in [5.74, 6) is 0.909. The lowest BCUT2D eigenvalue weighted by atomic mass is 10.1. The summed E-state index contributed by atoms with van der Waals surface area (Å²) in [5.41, 5.74) is 3.67. The molecule has 0 radical (unpaired) electrons. The molecule has 0 atom stereocenters. The maximum Gasteiger partial charge on any atom is 0.193 e. The van der Waals surface area contributed by atoms with Gasteiger partial charge in [-0.1, -0.05) is 18.2 Å². The molecule has 2 aliphatic rings. The van der Waals surface area contributed by atoms with E-state index in [0.717, 1.165) is 5.96 Å². The predicted octanol–water partition coefficient (Wildman–Crippen LogP) is 1.92. The molecule has 1 aromatic carbocycles. The van der Waals surface area contributed by atoms with Crippen molar-refractivity contribution in [1.82, 2.24) is 10.2 Å². The molecule has 1 fully saturated rings. The number of sulfone groups is 1. The number of ether oxygens (including phenoxy) is 1. The molecule has 1 N–H and O–H groups in total. The van der Waals surface area contributed by atoms with Crippen LogP contribution in [0.2, 0.25) is 0 Å². The standard InChI is InChI=1S/C17H25N3O3S.HI/c1-17(2)12-20(6-7-24(17,21)22)16(18-3)19-9-13-4-5-14-10-23-11-15(14)8-13;/h4-5,8H,6-7,9-12H2,1-3H3,(H,18,19);1H. The maximum absolute atomic E-state index is 12.1. The van der Waals surface area contributed by atoms with Gasteiger partial charge in [-0.05, 0) is 30.5 Å². The SMILES string of the molecule is CN=C(NCc1ccc2c(c1)COC2)N1CCS(=O)(=O)C(C)(C)C1.I. The molecule has 0 saturated carbocycles. The molecular weight excluding hydrogens is 453 g/mol. The molecule has 8 heteroatoms. The van der Waals surface area contributed by atoms with Crippen molar-refractivity contribution in [2.24, 2.45) is 4.99 Å². The summed E-state index contributed by atoms with van der Waals surface area (Å²) < 4.78 is 29.0.